The zero-order chi connectivity index (χ0) is 26.8. The first-order valence-corrected chi connectivity index (χ1v) is 14.7. The molecular formula is C25H30ClN5O4Si. The highest BCUT2D eigenvalue weighted by atomic mass is 35.5. The summed E-state index contributed by atoms with van der Waals surface area (Å²) in [5.41, 5.74) is 2.37. The predicted molar refractivity (Wildman–Crippen MR) is 143 cm³/mol. The van der Waals surface area contributed by atoms with Crippen molar-refractivity contribution in [1.82, 2.24) is 10.2 Å². The van der Waals surface area contributed by atoms with Crippen molar-refractivity contribution in [2.24, 2.45) is 0 Å². The van der Waals surface area contributed by atoms with Crippen LogP contribution in [-0.4, -0.2) is 29.5 Å². The summed E-state index contributed by atoms with van der Waals surface area (Å²) in [5, 5.41) is 23.3. The Kier molecular flexibility index (Phi) is 7.88. The van der Waals surface area contributed by atoms with Gasteiger partial charge in [-0.15, -0.1) is 10.2 Å². The number of rotatable bonds is 8. The number of hydrogen-bond donors (Lipinski definition) is 1. The van der Waals surface area contributed by atoms with Gasteiger partial charge in [-0.25, -0.2) is 4.85 Å². The van der Waals surface area contributed by atoms with Crippen molar-refractivity contribution in [2.45, 2.75) is 64.9 Å². The second-order valence-corrected chi connectivity index (χ2v) is 15.3. The van der Waals surface area contributed by atoms with Crippen LogP contribution >= 0.6 is 11.6 Å². The van der Waals surface area contributed by atoms with E-state index in [1.807, 2.05) is 13.8 Å². The smallest absolute Gasteiger partial charge is 0.269 e. The number of non-ortho nitro benzene ring substituents is 1. The third-order valence-electron chi connectivity index (χ3n) is 6.59. The van der Waals surface area contributed by atoms with Gasteiger partial charge in [-0.3, -0.25) is 10.1 Å². The molecule has 0 bridgehead atoms. The molecule has 36 heavy (non-hydrogen) atoms. The van der Waals surface area contributed by atoms with Crippen LogP contribution in [0.5, 0.6) is 0 Å². The molecule has 0 aliphatic carbocycles. The number of nitro benzene ring substituents is 1. The summed E-state index contributed by atoms with van der Waals surface area (Å²) in [6.45, 7) is 21.9. The molecule has 2 atom stereocenters. The lowest BCUT2D eigenvalue weighted by atomic mass is 10.1. The van der Waals surface area contributed by atoms with Crippen LogP contribution in [0.2, 0.25) is 23.2 Å². The molecule has 2 aromatic carbocycles. The number of benzene rings is 2. The lowest BCUT2D eigenvalue weighted by Crippen LogP contribution is -2.45. The molecule has 11 heteroatoms. The average Bonchev–Trinajstić information content (AvgIpc) is 3.29. The molecule has 0 aliphatic heterocycles. The second-order valence-electron chi connectivity index (χ2n) is 10.1. The first-order chi connectivity index (χ1) is 16.7. The van der Waals surface area contributed by atoms with E-state index < -0.39 is 19.3 Å². The maximum Gasteiger partial charge on any atom is 0.269 e. The Labute approximate surface area is 216 Å². The van der Waals surface area contributed by atoms with E-state index in [9.17, 15) is 10.1 Å². The van der Waals surface area contributed by atoms with Gasteiger partial charge in [0, 0.05) is 23.4 Å². The van der Waals surface area contributed by atoms with Crippen molar-refractivity contribution in [3.63, 3.8) is 0 Å². The van der Waals surface area contributed by atoms with Crippen molar-refractivity contribution in [2.75, 3.05) is 5.32 Å². The molecule has 1 heterocycles. The Morgan fingerprint density at radius 3 is 2.39 bits per heavy atom. The fraction of sp³-hybridized carbons (Fsp3) is 0.400. The van der Waals surface area contributed by atoms with E-state index in [0.29, 0.717) is 22.2 Å². The molecule has 9 nitrogen and oxygen atoms in total. The molecule has 0 saturated carbocycles. The van der Waals surface area contributed by atoms with Gasteiger partial charge < -0.3 is 14.2 Å². The summed E-state index contributed by atoms with van der Waals surface area (Å²) in [6.07, 6.45) is -0.352. The molecule has 0 aliphatic rings. The van der Waals surface area contributed by atoms with Crippen LogP contribution in [-0.2, 0) is 4.43 Å². The van der Waals surface area contributed by atoms with Gasteiger partial charge in [0.05, 0.1) is 22.6 Å². The van der Waals surface area contributed by atoms with Gasteiger partial charge in [0.15, 0.2) is 8.32 Å². The first kappa shape index (κ1) is 27.3. The third-order valence-corrected chi connectivity index (χ3v) is 11.6. The van der Waals surface area contributed by atoms with Crippen molar-refractivity contribution >= 4 is 37.0 Å². The minimum absolute atomic E-state index is 0.0128. The van der Waals surface area contributed by atoms with Crippen LogP contribution in [0.4, 0.5) is 17.1 Å². The number of anilines is 1. The van der Waals surface area contributed by atoms with Crippen LogP contribution in [0.3, 0.4) is 0 Å². The molecule has 0 saturated heterocycles. The number of nitrogens with one attached hydrogen (secondary N) is 1. The van der Waals surface area contributed by atoms with Crippen LogP contribution in [0, 0.1) is 23.6 Å². The highest BCUT2D eigenvalue weighted by Crippen LogP contribution is 2.40. The van der Waals surface area contributed by atoms with Gasteiger partial charge >= 0.3 is 0 Å². The van der Waals surface area contributed by atoms with Crippen molar-refractivity contribution in [1.29, 1.82) is 0 Å². The maximum atomic E-state index is 11.0. The number of halogens is 1. The highest BCUT2D eigenvalue weighted by molar-refractivity contribution is 6.74. The summed E-state index contributed by atoms with van der Waals surface area (Å²) in [7, 11) is -2.15. The highest BCUT2D eigenvalue weighted by Gasteiger charge is 2.41. The van der Waals surface area contributed by atoms with Crippen molar-refractivity contribution < 1.29 is 13.8 Å². The standard InChI is InChI=1S/C25H30ClN5O4Si/c1-15-19(13-14-20(27-6)21(15)26)28-22(16(2)35-36(7,8)25(3,4)5)24-30-29-23(34-24)17-9-11-18(12-10-17)31(32)33/h9-14,16,22,28H,1-5,7-8H3/t16-,22-/m1/s1. The monoisotopic (exact) mass is 527 g/mol. The topological polar surface area (TPSA) is 108 Å². The Morgan fingerprint density at radius 1 is 1.19 bits per heavy atom. The SMILES string of the molecule is [C-]#[N+]c1ccc(N[C@@H](c2nnc(-c3ccc([N+](=O)[O-])cc3)o2)[C@@H](C)O[Si](C)(C)C(C)(C)C)c(C)c1Cl. The van der Waals surface area contributed by atoms with E-state index in [1.54, 1.807) is 24.3 Å². The number of aromatic nitrogens is 2. The quantitative estimate of drug-likeness (QED) is 0.138. The van der Waals surface area contributed by atoms with Crippen LogP contribution in [0.15, 0.2) is 40.8 Å². The average molecular weight is 528 g/mol. The maximum absolute atomic E-state index is 11.0. The first-order valence-electron chi connectivity index (χ1n) is 11.4. The molecule has 0 spiro atoms. The van der Waals surface area contributed by atoms with Gasteiger partial charge in [0.25, 0.3) is 5.69 Å². The van der Waals surface area contributed by atoms with Gasteiger partial charge in [0.2, 0.25) is 17.5 Å². The van der Waals surface area contributed by atoms with Crippen molar-refractivity contribution in [3.8, 4) is 11.5 Å². The fourth-order valence-electron chi connectivity index (χ4n) is 3.37. The van der Waals surface area contributed by atoms with E-state index in [2.05, 4.69) is 54.2 Å². The van der Waals surface area contributed by atoms with Crippen molar-refractivity contribution in [3.05, 3.63) is 74.4 Å². The number of nitrogens with zero attached hydrogens (tertiary/aromatic N) is 4. The molecular weight excluding hydrogens is 498 g/mol. The normalized spacial score (nSPS) is 13.6. The lowest BCUT2D eigenvalue weighted by molar-refractivity contribution is -0.384. The largest absolute Gasteiger partial charge is 0.418 e. The van der Waals surface area contributed by atoms with Gasteiger partial charge in [0.1, 0.15) is 6.04 Å². The van der Waals surface area contributed by atoms with Crippen LogP contribution < -0.4 is 5.32 Å². The lowest BCUT2D eigenvalue weighted by Gasteiger charge is -2.40. The van der Waals surface area contributed by atoms with Gasteiger partial charge in [-0.1, -0.05) is 38.4 Å². The Balaban J connectivity index is 2.00. The van der Waals surface area contributed by atoms with Crippen LogP contribution in [0.1, 0.15) is 45.2 Å². The van der Waals surface area contributed by atoms with Gasteiger partial charge in [-0.05, 0) is 55.7 Å². The summed E-state index contributed by atoms with van der Waals surface area (Å²) >= 11 is 6.42. The van der Waals surface area contributed by atoms with E-state index in [4.69, 9.17) is 27.0 Å². The molecule has 0 fully saturated rings. The molecule has 0 amide bonds. The van der Waals surface area contributed by atoms with Gasteiger partial charge in [-0.2, -0.15) is 0 Å². The molecule has 1 N–H and O–H groups in total. The third kappa shape index (κ3) is 5.75. The van der Waals surface area contributed by atoms with E-state index in [-0.39, 0.29) is 22.7 Å². The number of nitro groups is 1. The molecule has 3 rings (SSSR count). The minimum atomic E-state index is -2.15. The predicted octanol–water partition coefficient (Wildman–Crippen LogP) is 7.72. The van der Waals surface area contributed by atoms with E-state index in [1.165, 1.54) is 12.1 Å². The summed E-state index contributed by atoms with van der Waals surface area (Å²) in [6, 6.07) is 8.86. The molecule has 3 aromatic rings. The molecule has 1 aromatic heterocycles. The van der Waals surface area contributed by atoms with Crippen LogP contribution in [0.25, 0.3) is 16.3 Å². The molecule has 0 unspecified atom stereocenters. The zero-order valence-corrected chi connectivity index (χ0v) is 23.2. The Morgan fingerprint density at radius 2 is 1.83 bits per heavy atom. The molecule has 190 valence electrons. The summed E-state index contributed by atoms with van der Waals surface area (Å²) in [5.74, 6) is 0.545. The summed E-state index contributed by atoms with van der Waals surface area (Å²) in [4.78, 5) is 14.0. The van der Waals surface area contributed by atoms with E-state index >= 15 is 0 Å². The number of hydrogen-bond acceptors (Lipinski definition) is 7. The molecule has 0 radical (unpaired) electrons. The second kappa shape index (κ2) is 10.4. The Hall–Kier alpha value is -3.26. The fourth-order valence-corrected chi connectivity index (χ4v) is 5.00. The minimum Gasteiger partial charge on any atom is -0.418 e. The summed E-state index contributed by atoms with van der Waals surface area (Å²) < 4.78 is 12.7. The Bertz CT molecular complexity index is 1300. The van der Waals surface area contributed by atoms with E-state index in [0.717, 1.165) is 11.3 Å². The zero-order valence-electron chi connectivity index (χ0n) is 21.4.